The Morgan fingerprint density at radius 1 is 0.905 bits per heavy atom. The average molecular weight is 673 g/mol. The van der Waals surface area contributed by atoms with Gasteiger partial charge in [0.25, 0.3) is 0 Å². The number of benzene rings is 3. The Labute approximate surface area is 261 Å². The topological polar surface area (TPSA) is 130 Å². The van der Waals surface area contributed by atoms with E-state index in [1.54, 1.807) is 0 Å². The highest BCUT2D eigenvalue weighted by Crippen LogP contribution is 2.55. The molecule has 1 saturated heterocycles. The second-order valence-corrected chi connectivity index (χ2v) is 14.7. The molecule has 8 nitrogen and oxygen atoms in total. The molecule has 0 saturated carbocycles. The van der Waals surface area contributed by atoms with E-state index in [9.17, 15) is 19.2 Å². The van der Waals surface area contributed by atoms with E-state index in [0.29, 0.717) is 13.0 Å². The minimum atomic E-state index is -1.98. The number of halogens is 1. The predicted octanol–water partition coefficient (Wildman–Crippen LogP) is -0.846. The highest BCUT2D eigenvalue weighted by Gasteiger charge is 2.45. The summed E-state index contributed by atoms with van der Waals surface area (Å²) in [6, 6.07) is 30.8. The first-order chi connectivity index (χ1) is 19.8. The molecule has 0 spiro atoms. The molecule has 0 aliphatic carbocycles. The van der Waals surface area contributed by atoms with Crippen LogP contribution in [-0.2, 0) is 19.2 Å². The van der Waals surface area contributed by atoms with Gasteiger partial charge >= 0.3 is 5.97 Å². The number of nitrogens with zero attached hydrogens (tertiary/aromatic N) is 1. The maximum atomic E-state index is 13.0. The first kappa shape index (κ1) is 33.5. The molecule has 3 aromatic carbocycles. The van der Waals surface area contributed by atoms with Crippen LogP contribution in [0.3, 0.4) is 0 Å². The zero-order chi connectivity index (χ0) is 29.2. The number of carboxylic acid groups (broad SMARTS) is 1. The second-order valence-electron chi connectivity index (χ2n) is 9.87. The number of aliphatic carboxylic acids is 1. The van der Waals surface area contributed by atoms with E-state index in [-0.39, 0.29) is 41.0 Å². The normalized spacial score (nSPS) is 15.6. The number of nitrogens with two attached hydrogens (primary N) is 1. The van der Waals surface area contributed by atoms with E-state index in [1.807, 2.05) is 18.2 Å². The van der Waals surface area contributed by atoms with Gasteiger partial charge in [-0.2, -0.15) is 0 Å². The average Bonchev–Trinajstić information content (AvgIpc) is 3.27. The van der Waals surface area contributed by atoms with Crippen LogP contribution in [-0.4, -0.2) is 70.0 Å². The number of carboxylic acids is 1. The quantitative estimate of drug-likeness (QED) is 0.116. The van der Waals surface area contributed by atoms with E-state index >= 15 is 0 Å². The molecule has 2 atom stereocenters. The first-order valence-electron chi connectivity index (χ1n) is 13.6. The number of thioether (sulfide) groups is 1. The second kappa shape index (κ2) is 16.0. The highest BCUT2D eigenvalue weighted by atomic mass is 79.9. The van der Waals surface area contributed by atoms with Crippen LogP contribution in [0.2, 0.25) is 0 Å². The van der Waals surface area contributed by atoms with E-state index in [0.717, 1.165) is 12.6 Å². The molecule has 11 heteroatoms. The van der Waals surface area contributed by atoms with Gasteiger partial charge in [0, 0.05) is 18.7 Å². The fourth-order valence-corrected chi connectivity index (χ4v) is 10.6. The van der Waals surface area contributed by atoms with Gasteiger partial charge in [-0.05, 0) is 49.2 Å². The van der Waals surface area contributed by atoms with Crippen molar-refractivity contribution in [3.05, 3.63) is 91.0 Å². The van der Waals surface area contributed by atoms with Crippen LogP contribution in [0.15, 0.2) is 91.0 Å². The number of carbonyl (C=O) groups is 4. The number of amides is 3. The van der Waals surface area contributed by atoms with E-state index in [2.05, 4.69) is 78.1 Å². The van der Waals surface area contributed by atoms with Crippen molar-refractivity contribution >= 4 is 58.6 Å². The number of carbonyl (C=O) groups excluding carboxylic acids is 3. The van der Waals surface area contributed by atoms with Gasteiger partial charge in [0.05, 0.1) is 17.5 Å². The third-order valence-corrected chi connectivity index (χ3v) is 13.0. The molecule has 0 radical (unpaired) electrons. The molecule has 1 heterocycles. The smallest absolute Gasteiger partial charge is 0.322 e. The minimum Gasteiger partial charge on any atom is -1.00 e. The van der Waals surface area contributed by atoms with Crippen LogP contribution in [0, 0.1) is 0 Å². The SMILES string of the molecule is N[C@@H](CSC1CC(=O)N(CCCC[P+](c2ccccc2)(c2ccccc2)c2ccccc2)C1=O)C(=O)NCC(=O)O.[Br-]. The fourth-order valence-electron chi connectivity index (χ4n) is 5.11. The molecule has 1 aliphatic heterocycles. The zero-order valence-corrected chi connectivity index (χ0v) is 26.4. The fraction of sp³-hybridized carbons (Fsp3) is 0.290. The Kier molecular flexibility index (Phi) is 12.7. The Hall–Kier alpha value is -3.04. The van der Waals surface area contributed by atoms with E-state index in [4.69, 9.17) is 10.8 Å². The molecule has 42 heavy (non-hydrogen) atoms. The van der Waals surface area contributed by atoms with Gasteiger partial charge in [0.2, 0.25) is 17.7 Å². The van der Waals surface area contributed by atoms with Crippen molar-refractivity contribution < 1.29 is 41.3 Å². The van der Waals surface area contributed by atoms with Crippen molar-refractivity contribution in [2.75, 3.05) is 25.0 Å². The van der Waals surface area contributed by atoms with Crippen molar-refractivity contribution in [1.29, 1.82) is 0 Å². The summed E-state index contributed by atoms with van der Waals surface area (Å²) in [6.07, 6.45) is 2.48. The number of unbranched alkanes of at least 4 members (excludes halogenated alkanes) is 1. The number of rotatable bonds is 14. The van der Waals surface area contributed by atoms with Crippen LogP contribution in [0.4, 0.5) is 0 Å². The zero-order valence-electron chi connectivity index (χ0n) is 23.1. The number of imide groups is 1. The molecule has 1 unspecified atom stereocenters. The van der Waals surface area contributed by atoms with Crippen LogP contribution in [0.25, 0.3) is 0 Å². The molecular formula is C31H35BrN3O5PS. The molecule has 1 fully saturated rings. The number of nitrogens with one attached hydrogen (secondary N) is 1. The van der Waals surface area contributed by atoms with Crippen molar-refractivity contribution in [3.8, 4) is 0 Å². The van der Waals surface area contributed by atoms with Crippen molar-refractivity contribution in [2.24, 2.45) is 5.73 Å². The summed E-state index contributed by atoms with van der Waals surface area (Å²) in [5.41, 5.74) is 5.85. The Bertz CT molecular complexity index is 1250. The third-order valence-electron chi connectivity index (χ3n) is 7.15. The van der Waals surface area contributed by atoms with Gasteiger partial charge in [-0.1, -0.05) is 54.6 Å². The molecule has 1 aliphatic rings. The lowest BCUT2D eigenvalue weighted by Crippen LogP contribution is -3.00. The third kappa shape index (κ3) is 8.07. The van der Waals surface area contributed by atoms with Gasteiger partial charge in [-0.3, -0.25) is 24.1 Å². The maximum absolute atomic E-state index is 13.0. The summed E-state index contributed by atoms with van der Waals surface area (Å²) in [5.74, 6) is -2.13. The Morgan fingerprint density at radius 2 is 1.40 bits per heavy atom. The minimum absolute atomic E-state index is 0. The van der Waals surface area contributed by atoms with Crippen molar-refractivity contribution in [3.63, 3.8) is 0 Å². The number of hydrogen-bond donors (Lipinski definition) is 3. The predicted molar refractivity (Wildman–Crippen MR) is 165 cm³/mol. The molecule has 222 valence electrons. The van der Waals surface area contributed by atoms with Gasteiger partial charge in [0.1, 0.15) is 29.7 Å². The van der Waals surface area contributed by atoms with E-state index < -0.39 is 37.0 Å². The molecule has 3 aromatic rings. The van der Waals surface area contributed by atoms with Gasteiger partial charge in [-0.25, -0.2) is 0 Å². The van der Waals surface area contributed by atoms with Crippen molar-refractivity contribution in [2.45, 2.75) is 30.6 Å². The van der Waals surface area contributed by atoms with Gasteiger partial charge in [-0.15, -0.1) is 11.8 Å². The lowest BCUT2D eigenvalue weighted by atomic mass is 10.3. The van der Waals surface area contributed by atoms with Crippen LogP contribution >= 0.6 is 19.0 Å². The molecule has 0 bridgehead atoms. The summed E-state index contributed by atoms with van der Waals surface area (Å²) in [7, 11) is -1.98. The maximum Gasteiger partial charge on any atom is 0.322 e. The van der Waals surface area contributed by atoms with Gasteiger partial charge < -0.3 is 33.1 Å². The van der Waals surface area contributed by atoms with Gasteiger partial charge in [0.15, 0.2) is 0 Å². The molecule has 0 aromatic heterocycles. The van der Waals surface area contributed by atoms with Crippen molar-refractivity contribution in [1.82, 2.24) is 10.2 Å². The summed E-state index contributed by atoms with van der Waals surface area (Å²) < 4.78 is 0. The first-order valence-corrected chi connectivity index (χ1v) is 16.6. The lowest BCUT2D eigenvalue weighted by molar-refractivity contribution is -0.139. The molecule has 4 rings (SSSR count). The lowest BCUT2D eigenvalue weighted by Gasteiger charge is -2.28. The Balaban J connectivity index is 0.00000484. The molecule has 3 amide bonds. The molecular weight excluding hydrogens is 637 g/mol. The molecule has 4 N–H and O–H groups in total. The summed E-state index contributed by atoms with van der Waals surface area (Å²) in [6.45, 7) is -0.174. The number of hydrogen-bond acceptors (Lipinski definition) is 6. The number of likely N-dealkylation sites (tertiary alicyclic amines) is 1. The summed E-state index contributed by atoms with van der Waals surface area (Å²) >= 11 is 1.17. The largest absolute Gasteiger partial charge is 1.00 e. The van der Waals surface area contributed by atoms with E-state index in [1.165, 1.54) is 32.6 Å². The summed E-state index contributed by atoms with van der Waals surface area (Å²) in [5, 5.41) is 14.2. The van der Waals surface area contributed by atoms with Crippen LogP contribution in [0.5, 0.6) is 0 Å². The summed E-state index contributed by atoms with van der Waals surface area (Å²) in [4.78, 5) is 49.7. The standard InChI is InChI=1S/C31H34N3O5PS.BrH/c32-26(30(38)33-21-29(36)37)22-41-27-20-28(35)34(31(27)39)18-10-11-19-40(23-12-4-1-5-13-23,24-14-6-2-7-15-24)25-16-8-3-9-17-25;/h1-9,12-17,26-27H,10-11,18-22,32H2,(H-,33,36,37,38);1H/t26-,27?;/m0./s1. The monoisotopic (exact) mass is 671 g/mol. The Morgan fingerprint density at radius 3 is 1.88 bits per heavy atom. The highest BCUT2D eigenvalue weighted by molar-refractivity contribution is 8.00. The van der Waals surface area contributed by atoms with Crippen LogP contribution in [0.1, 0.15) is 19.3 Å². The van der Waals surface area contributed by atoms with Crippen LogP contribution < -0.4 is 43.9 Å².